The van der Waals surface area contributed by atoms with Crippen LogP contribution in [0.3, 0.4) is 0 Å². The topological polar surface area (TPSA) is 54.0 Å². The smallest absolute Gasteiger partial charge is 0.332 e. The lowest BCUT2D eigenvalue weighted by atomic mass is 9.82. The molecule has 0 aromatic rings. The first-order chi connectivity index (χ1) is 11.4. The maximum Gasteiger partial charge on any atom is 0.332 e. The van der Waals surface area contributed by atoms with Gasteiger partial charge in [-0.3, -0.25) is 0 Å². The predicted molar refractivity (Wildman–Crippen MR) is 91.7 cm³/mol. The van der Waals surface area contributed by atoms with E-state index in [9.17, 15) is 4.79 Å². The normalized spacial score (nSPS) is 28.5. The molecule has 0 radical (unpaired) electrons. The molecule has 0 spiro atoms. The number of hydrogen-bond donors (Lipinski definition) is 0. The van der Waals surface area contributed by atoms with Crippen molar-refractivity contribution in [3.05, 3.63) is 0 Å². The molecule has 0 aromatic heterocycles. The Hall–Kier alpha value is -0.650. The monoisotopic (exact) mass is 342 g/mol. The lowest BCUT2D eigenvalue weighted by Crippen LogP contribution is -2.29. The minimum Gasteiger partial charge on any atom is -0.458 e. The van der Waals surface area contributed by atoms with E-state index >= 15 is 0 Å². The Balaban J connectivity index is 1.59. The van der Waals surface area contributed by atoms with E-state index in [1.807, 2.05) is 20.8 Å². The third-order valence-corrected chi connectivity index (χ3v) is 4.54. The molecule has 2 fully saturated rings. The van der Waals surface area contributed by atoms with Crippen LogP contribution >= 0.6 is 0 Å². The SMILES string of the molecule is CC(C)(C)OC(=O)COCC1CCCC(COC2CCCCO2)C1. The Morgan fingerprint density at radius 3 is 2.46 bits per heavy atom. The standard InChI is InChI=1S/C19H34O5/c1-19(2,3)24-17(20)14-21-12-15-7-6-8-16(11-15)13-23-18-9-4-5-10-22-18/h15-16,18H,4-14H2,1-3H3. The van der Waals surface area contributed by atoms with Crippen molar-refractivity contribution in [2.75, 3.05) is 26.4 Å². The van der Waals surface area contributed by atoms with Crippen LogP contribution in [-0.4, -0.2) is 44.3 Å². The van der Waals surface area contributed by atoms with Crippen molar-refractivity contribution in [2.24, 2.45) is 11.8 Å². The maximum absolute atomic E-state index is 11.7. The van der Waals surface area contributed by atoms with Gasteiger partial charge in [0.15, 0.2) is 6.29 Å². The van der Waals surface area contributed by atoms with E-state index in [1.165, 1.54) is 25.7 Å². The van der Waals surface area contributed by atoms with E-state index in [-0.39, 0.29) is 18.9 Å². The van der Waals surface area contributed by atoms with Crippen molar-refractivity contribution >= 4 is 5.97 Å². The van der Waals surface area contributed by atoms with Crippen molar-refractivity contribution in [1.29, 1.82) is 0 Å². The summed E-state index contributed by atoms with van der Waals surface area (Å²) < 4.78 is 22.4. The van der Waals surface area contributed by atoms with Crippen LogP contribution in [0.25, 0.3) is 0 Å². The van der Waals surface area contributed by atoms with Crippen LogP contribution in [0.4, 0.5) is 0 Å². The Morgan fingerprint density at radius 2 is 1.79 bits per heavy atom. The molecule has 0 amide bonds. The Morgan fingerprint density at radius 1 is 1.04 bits per heavy atom. The van der Waals surface area contributed by atoms with Crippen LogP contribution in [-0.2, 0) is 23.7 Å². The third-order valence-electron chi connectivity index (χ3n) is 4.54. The molecule has 140 valence electrons. The fourth-order valence-electron chi connectivity index (χ4n) is 3.47. The zero-order valence-corrected chi connectivity index (χ0v) is 15.6. The molecule has 1 aliphatic carbocycles. The zero-order valence-electron chi connectivity index (χ0n) is 15.6. The fraction of sp³-hybridized carbons (Fsp3) is 0.947. The summed E-state index contributed by atoms with van der Waals surface area (Å²) >= 11 is 0. The summed E-state index contributed by atoms with van der Waals surface area (Å²) in [6, 6.07) is 0. The number of carbonyl (C=O) groups excluding carboxylic acids is 1. The Labute approximate surface area is 146 Å². The summed E-state index contributed by atoms with van der Waals surface area (Å²) in [5, 5.41) is 0. The van der Waals surface area contributed by atoms with Gasteiger partial charge in [0.1, 0.15) is 12.2 Å². The molecule has 3 atom stereocenters. The molecule has 0 bridgehead atoms. The molecule has 0 aromatic carbocycles. The first kappa shape index (κ1) is 19.7. The molecule has 24 heavy (non-hydrogen) atoms. The number of rotatable bonds is 7. The van der Waals surface area contributed by atoms with Crippen LogP contribution in [0, 0.1) is 11.8 Å². The van der Waals surface area contributed by atoms with Crippen LogP contribution in [0.15, 0.2) is 0 Å². The second kappa shape index (κ2) is 9.73. The summed E-state index contributed by atoms with van der Waals surface area (Å²) in [7, 11) is 0. The van der Waals surface area contributed by atoms with E-state index in [4.69, 9.17) is 18.9 Å². The van der Waals surface area contributed by atoms with Gasteiger partial charge in [-0.1, -0.05) is 6.42 Å². The number of esters is 1. The second-order valence-electron chi connectivity index (χ2n) is 8.13. The zero-order chi connectivity index (χ0) is 17.4. The van der Waals surface area contributed by atoms with Crippen LogP contribution in [0.2, 0.25) is 0 Å². The van der Waals surface area contributed by atoms with Gasteiger partial charge in [0, 0.05) is 6.61 Å². The average molecular weight is 342 g/mol. The maximum atomic E-state index is 11.7. The highest BCUT2D eigenvalue weighted by molar-refractivity contribution is 5.71. The molecular weight excluding hydrogens is 308 g/mol. The van der Waals surface area contributed by atoms with Gasteiger partial charge in [-0.25, -0.2) is 4.79 Å². The van der Waals surface area contributed by atoms with Crippen LogP contribution < -0.4 is 0 Å². The van der Waals surface area contributed by atoms with Gasteiger partial charge < -0.3 is 18.9 Å². The first-order valence-electron chi connectivity index (χ1n) is 9.45. The summed E-state index contributed by atoms with van der Waals surface area (Å²) in [5.41, 5.74) is -0.449. The highest BCUT2D eigenvalue weighted by Gasteiger charge is 2.25. The molecule has 2 rings (SSSR count). The lowest BCUT2D eigenvalue weighted by Gasteiger charge is -2.31. The van der Waals surface area contributed by atoms with Crippen molar-refractivity contribution in [2.45, 2.75) is 77.6 Å². The molecule has 2 aliphatic rings. The summed E-state index contributed by atoms with van der Waals surface area (Å²) in [5.74, 6) is 0.814. The third kappa shape index (κ3) is 7.95. The van der Waals surface area contributed by atoms with Gasteiger partial charge in [-0.05, 0) is 71.1 Å². The number of hydrogen-bond acceptors (Lipinski definition) is 5. The largest absolute Gasteiger partial charge is 0.458 e. The summed E-state index contributed by atoms with van der Waals surface area (Å²) in [4.78, 5) is 11.7. The van der Waals surface area contributed by atoms with E-state index in [0.29, 0.717) is 18.4 Å². The van der Waals surface area contributed by atoms with Gasteiger partial charge in [0.2, 0.25) is 0 Å². The van der Waals surface area contributed by atoms with Crippen LogP contribution in [0.5, 0.6) is 0 Å². The van der Waals surface area contributed by atoms with E-state index in [2.05, 4.69) is 0 Å². The lowest BCUT2D eigenvalue weighted by molar-refractivity contribution is -0.172. The van der Waals surface area contributed by atoms with E-state index in [0.717, 1.165) is 32.5 Å². The average Bonchev–Trinajstić information content (AvgIpc) is 2.53. The fourth-order valence-corrected chi connectivity index (χ4v) is 3.47. The van der Waals surface area contributed by atoms with Gasteiger partial charge in [0.05, 0.1) is 13.2 Å². The van der Waals surface area contributed by atoms with E-state index < -0.39 is 5.60 Å². The molecule has 1 aliphatic heterocycles. The molecule has 1 heterocycles. The van der Waals surface area contributed by atoms with Crippen molar-refractivity contribution < 1.29 is 23.7 Å². The summed E-state index contributed by atoms with van der Waals surface area (Å²) in [6.07, 6.45) is 8.09. The van der Waals surface area contributed by atoms with Gasteiger partial charge in [-0.2, -0.15) is 0 Å². The van der Waals surface area contributed by atoms with Crippen LogP contribution in [0.1, 0.15) is 65.7 Å². The van der Waals surface area contributed by atoms with Crippen molar-refractivity contribution in [1.82, 2.24) is 0 Å². The molecule has 5 heteroatoms. The Kier molecular flexibility index (Phi) is 7.98. The molecule has 0 N–H and O–H groups in total. The van der Waals surface area contributed by atoms with Gasteiger partial charge >= 0.3 is 5.97 Å². The minimum absolute atomic E-state index is 0.00236. The first-order valence-corrected chi connectivity index (χ1v) is 9.45. The molecule has 1 saturated heterocycles. The molecule has 3 unspecified atom stereocenters. The minimum atomic E-state index is -0.449. The second-order valence-corrected chi connectivity index (χ2v) is 8.13. The van der Waals surface area contributed by atoms with Crippen molar-refractivity contribution in [3.8, 4) is 0 Å². The predicted octanol–water partition coefficient (Wildman–Crippen LogP) is 3.69. The molecule has 1 saturated carbocycles. The highest BCUT2D eigenvalue weighted by Crippen LogP contribution is 2.30. The highest BCUT2D eigenvalue weighted by atomic mass is 16.7. The molecular formula is C19H34O5. The van der Waals surface area contributed by atoms with Crippen molar-refractivity contribution in [3.63, 3.8) is 0 Å². The molecule has 5 nitrogen and oxygen atoms in total. The van der Waals surface area contributed by atoms with Gasteiger partial charge in [-0.15, -0.1) is 0 Å². The Bertz CT molecular complexity index is 370. The van der Waals surface area contributed by atoms with Gasteiger partial charge in [0.25, 0.3) is 0 Å². The number of carbonyl (C=O) groups is 1. The van der Waals surface area contributed by atoms with E-state index in [1.54, 1.807) is 0 Å². The summed E-state index contributed by atoms with van der Waals surface area (Å²) in [6.45, 7) is 7.90. The quantitative estimate of drug-likeness (QED) is 0.660. The number of ether oxygens (including phenoxy) is 4.